The van der Waals surface area contributed by atoms with Gasteiger partial charge in [0.05, 0.1) is 22.3 Å². The normalized spacial score (nSPS) is 25.9. The number of hydrogen-bond acceptors (Lipinski definition) is 7. The number of phenols is 1. The number of carbonyl (C=O) groups excluding carboxylic acids is 4. The lowest BCUT2D eigenvalue weighted by atomic mass is 9.44. The van der Waals surface area contributed by atoms with Crippen LogP contribution in [0.5, 0.6) is 5.75 Å². The molecule has 0 spiro atoms. The van der Waals surface area contributed by atoms with E-state index in [0.29, 0.717) is 40.3 Å². The number of aromatic hydroxyl groups is 1. The predicted octanol–water partition coefficient (Wildman–Crippen LogP) is 8.06. The van der Waals surface area contributed by atoms with E-state index in [9.17, 15) is 27.9 Å². The van der Waals surface area contributed by atoms with Crippen molar-refractivity contribution in [3.8, 4) is 5.75 Å². The molecule has 2 amide bonds. The van der Waals surface area contributed by atoms with Gasteiger partial charge in [0.2, 0.25) is 0 Å². The highest BCUT2D eigenvalue weighted by Gasteiger charge is 2.66. The van der Waals surface area contributed by atoms with Crippen molar-refractivity contribution in [2.45, 2.75) is 36.8 Å². The molecule has 1 saturated carbocycles. The summed E-state index contributed by atoms with van der Waals surface area (Å²) in [6, 6.07) is 24.8. The number of alkyl halides is 3. The Morgan fingerprint density at radius 2 is 1.64 bits per heavy atom. The van der Waals surface area contributed by atoms with E-state index in [1.807, 2.05) is 12.1 Å². The highest BCUT2D eigenvalue weighted by atomic mass is 35.5. The Labute approximate surface area is 325 Å². The second kappa shape index (κ2) is 13.7. The van der Waals surface area contributed by atoms with E-state index in [0.717, 1.165) is 16.1 Å². The van der Waals surface area contributed by atoms with Gasteiger partial charge in [-0.15, -0.1) is 6.58 Å². The van der Waals surface area contributed by atoms with E-state index < -0.39 is 64.5 Å². The number of amides is 2. The van der Waals surface area contributed by atoms with Gasteiger partial charge in [0.15, 0.2) is 17.4 Å². The summed E-state index contributed by atoms with van der Waals surface area (Å²) >= 11 is 6.32. The molecule has 1 aliphatic heterocycles. The van der Waals surface area contributed by atoms with Crippen LogP contribution >= 0.6 is 11.6 Å². The molecule has 2 heterocycles. The molecule has 56 heavy (non-hydrogen) atoms. The monoisotopic (exact) mass is 777 g/mol. The number of carbonyl (C=O) groups is 4. The molecule has 12 heteroatoms. The topological polar surface area (TPSA) is 108 Å². The molecule has 284 valence electrons. The number of pyridine rings is 1. The van der Waals surface area contributed by atoms with Crippen LogP contribution < -0.4 is 5.01 Å². The number of para-hydroxylation sites is 1. The van der Waals surface area contributed by atoms with E-state index in [4.69, 9.17) is 11.6 Å². The Morgan fingerprint density at radius 1 is 0.946 bits per heavy atom. The molecule has 1 saturated heterocycles. The number of hydrazine groups is 1. The molecule has 8 nitrogen and oxygen atoms in total. The van der Waals surface area contributed by atoms with Crippen LogP contribution in [0.2, 0.25) is 5.02 Å². The second-order valence-corrected chi connectivity index (χ2v) is 15.1. The van der Waals surface area contributed by atoms with E-state index in [1.165, 1.54) is 13.1 Å². The summed E-state index contributed by atoms with van der Waals surface area (Å²) in [5.41, 5.74) is 0.0725. The molecule has 0 unspecified atom stereocenters. The molecule has 6 atom stereocenters. The summed E-state index contributed by atoms with van der Waals surface area (Å²) in [4.78, 5) is 63.0. The van der Waals surface area contributed by atoms with Gasteiger partial charge in [0, 0.05) is 30.0 Å². The third-order valence-electron chi connectivity index (χ3n) is 11.9. The van der Waals surface area contributed by atoms with Crippen LogP contribution in [0.3, 0.4) is 0 Å². The third-order valence-corrected chi connectivity index (χ3v) is 12.2. The SMILES string of the molecule is C=CCc1cccc([C@H]2C3=CC[C@@H]4C(=O)N(N(C)c5nc(C(F)(F)F)ccc5Cl)C(=O)[C@@H]4[C@@H]3C[C@H]3C(=O)C(c4ccccc4)=CC(=O)[C@@]23c2ccccc2)c1O. The lowest BCUT2D eigenvalue weighted by molar-refractivity contribution is -0.141. The Kier molecular flexibility index (Phi) is 9.11. The first-order valence-corrected chi connectivity index (χ1v) is 18.6. The number of aromatic nitrogens is 1. The van der Waals surface area contributed by atoms with Crippen molar-refractivity contribution >= 4 is 46.4 Å². The standard InChI is InChI=1S/C44H35ClF3N3O5/c1-3-11-25-14-10-17-29(38(25)53)37-27-18-19-28-36(42(56)51(41(28)55)50(2)40-33(45)20-21-34(49-40)44(46,47)48)31(27)22-32-39(54)30(24-12-6-4-7-13-24)23-35(52)43(32,37)26-15-8-5-9-16-26/h3-10,12-18,20-21,23,28,31-32,36-37,53H,1,11,19,22H2,2H3/t28-,31+,32-,36-,37+,43-/m0/s1. The smallest absolute Gasteiger partial charge is 0.433 e. The summed E-state index contributed by atoms with van der Waals surface area (Å²) in [5, 5.41) is 13.5. The summed E-state index contributed by atoms with van der Waals surface area (Å²) in [7, 11) is 1.25. The summed E-state index contributed by atoms with van der Waals surface area (Å²) in [6.07, 6.45) is 0.438. The number of anilines is 1. The van der Waals surface area contributed by atoms with Gasteiger partial charge in [-0.1, -0.05) is 108 Å². The van der Waals surface area contributed by atoms with Gasteiger partial charge in [0.1, 0.15) is 11.4 Å². The molecule has 4 aromatic rings. The van der Waals surface area contributed by atoms with Crippen molar-refractivity contribution in [2.24, 2.45) is 23.7 Å². The van der Waals surface area contributed by atoms with Crippen molar-refractivity contribution in [3.63, 3.8) is 0 Å². The molecular formula is C44H35ClF3N3O5. The van der Waals surface area contributed by atoms with Crippen LogP contribution in [0.25, 0.3) is 5.57 Å². The molecule has 1 N–H and O–H groups in total. The number of hydrogen-bond donors (Lipinski definition) is 1. The maximum absolute atomic E-state index is 15.2. The van der Waals surface area contributed by atoms with Crippen molar-refractivity contribution < 1.29 is 37.5 Å². The van der Waals surface area contributed by atoms with E-state index >= 15 is 9.59 Å². The average molecular weight is 778 g/mol. The number of rotatable bonds is 7. The van der Waals surface area contributed by atoms with Gasteiger partial charge in [0.25, 0.3) is 11.8 Å². The zero-order valence-corrected chi connectivity index (χ0v) is 30.8. The molecular weight excluding hydrogens is 743 g/mol. The molecule has 3 aromatic carbocycles. The summed E-state index contributed by atoms with van der Waals surface area (Å²) < 4.78 is 41.2. The molecule has 0 radical (unpaired) electrons. The molecule has 3 aliphatic carbocycles. The number of ketones is 2. The fraction of sp³-hybridized carbons (Fsp3) is 0.250. The first kappa shape index (κ1) is 37.1. The molecule has 0 bridgehead atoms. The fourth-order valence-electron chi connectivity index (χ4n) is 9.57. The highest BCUT2D eigenvalue weighted by molar-refractivity contribution is 6.33. The zero-order chi connectivity index (χ0) is 39.7. The van der Waals surface area contributed by atoms with Crippen molar-refractivity contribution in [1.29, 1.82) is 0 Å². The van der Waals surface area contributed by atoms with E-state index in [1.54, 1.807) is 78.9 Å². The quantitative estimate of drug-likeness (QED) is 0.150. The largest absolute Gasteiger partial charge is 0.507 e. The van der Waals surface area contributed by atoms with Crippen LogP contribution in [-0.4, -0.2) is 45.5 Å². The van der Waals surface area contributed by atoms with Gasteiger partial charge in [-0.2, -0.15) is 18.2 Å². The Bertz CT molecular complexity index is 2380. The predicted molar refractivity (Wildman–Crippen MR) is 203 cm³/mol. The van der Waals surface area contributed by atoms with Crippen molar-refractivity contribution in [2.75, 3.05) is 12.1 Å². The van der Waals surface area contributed by atoms with Gasteiger partial charge in [-0.05, 0) is 60.1 Å². The zero-order valence-electron chi connectivity index (χ0n) is 30.0. The van der Waals surface area contributed by atoms with Gasteiger partial charge in [-0.3, -0.25) is 24.2 Å². The number of fused-ring (bicyclic) bond motifs is 4. The Hall–Kier alpha value is -5.81. The maximum atomic E-state index is 15.2. The van der Waals surface area contributed by atoms with Crippen LogP contribution in [0.4, 0.5) is 19.0 Å². The Morgan fingerprint density at radius 3 is 2.32 bits per heavy atom. The van der Waals surface area contributed by atoms with Crippen LogP contribution in [0.15, 0.2) is 121 Å². The molecule has 4 aliphatic rings. The number of halogens is 4. The van der Waals surface area contributed by atoms with Gasteiger partial charge in [-0.25, -0.2) is 4.98 Å². The van der Waals surface area contributed by atoms with Crippen LogP contribution in [-0.2, 0) is 37.2 Å². The molecule has 2 fully saturated rings. The van der Waals surface area contributed by atoms with Crippen molar-refractivity contribution in [3.05, 3.63) is 154 Å². The Balaban J connectivity index is 1.32. The number of benzene rings is 3. The lowest BCUT2D eigenvalue weighted by Crippen LogP contribution is -2.59. The van der Waals surface area contributed by atoms with Crippen molar-refractivity contribution in [1.82, 2.24) is 9.99 Å². The van der Waals surface area contributed by atoms with Gasteiger partial charge < -0.3 is 5.11 Å². The average Bonchev–Trinajstić information content (AvgIpc) is 3.45. The highest BCUT2D eigenvalue weighted by Crippen LogP contribution is 2.64. The van der Waals surface area contributed by atoms with E-state index in [2.05, 4.69) is 11.6 Å². The number of phenolic OH excluding ortho intramolecular Hbond substituents is 1. The number of imide groups is 1. The molecule has 8 rings (SSSR count). The summed E-state index contributed by atoms with van der Waals surface area (Å²) in [6.45, 7) is 3.83. The first-order valence-electron chi connectivity index (χ1n) is 18.2. The number of nitrogens with zero attached hydrogens (tertiary/aromatic N) is 3. The van der Waals surface area contributed by atoms with Crippen LogP contribution in [0.1, 0.15) is 46.7 Å². The summed E-state index contributed by atoms with van der Waals surface area (Å²) in [5.74, 6) is -7.32. The maximum Gasteiger partial charge on any atom is 0.433 e. The van der Waals surface area contributed by atoms with Gasteiger partial charge >= 0.3 is 6.18 Å². The fourth-order valence-corrected chi connectivity index (χ4v) is 9.80. The minimum Gasteiger partial charge on any atom is -0.507 e. The number of allylic oxidation sites excluding steroid dienone is 5. The first-order chi connectivity index (χ1) is 26.8. The molecule has 1 aromatic heterocycles. The van der Waals surface area contributed by atoms with Crippen LogP contribution in [0, 0.1) is 23.7 Å². The third kappa shape index (κ3) is 5.54. The van der Waals surface area contributed by atoms with E-state index in [-0.39, 0.29) is 40.8 Å². The minimum absolute atomic E-state index is 0.000604. The number of Topliss-reactive ketones (excluding diaryl/α,β-unsaturated/α-hetero) is 1. The second-order valence-electron chi connectivity index (χ2n) is 14.6. The lowest BCUT2D eigenvalue weighted by Gasteiger charge is -2.55. The minimum atomic E-state index is -4.82.